The molecule has 0 atom stereocenters. The predicted molar refractivity (Wildman–Crippen MR) is 92.4 cm³/mol. The maximum Gasteiger partial charge on any atom is 0.238 e. The van der Waals surface area contributed by atoms with Crippen molar-refractivity contribution in [2.24, 2.45) is 0 Å². The Morgan fingerprint density at radius 1 is 1.18 bits per heavy atom. The number of nitrogens with one attached hydrogen (secondary N) is 3. The van der Waals surface area contributed by atoms with Gasteiger partial charge in [0.15, 0.2) is 0 Å². The lowest BCUT2D eigenvalue weighted by atomic mass is 9.79. The van der Waals surface area contributed by atoms with E-state index >= 15 is 0 Å². The Labute approximate surface area is 138 Å². The standard InChI is InChI=1S/C17H26ClN3O/c1-16(2)9-14(10-17(3,4)21-16)19-11-15(22)20-13-7-5-12(18)6-8-13/h5-8,14,19,21H,9-11H2,1-4H3,(H,20,22). The smallest absolute Gasteiger partial charge is 0.238 e. The van der Waals surface area contributed by atoms with Gasteiger partial charge in [-0.25, -0.2) is 0 Å². The van der Waals surface area contributed by atoms with Crippen LogP contribution < -0.4 is 16.0 Å². The van der Waals surface area contributed by atoms with E-state index < -0.39 is 0 Å². The summed E-state index contributed by atoms with van der Waals surface area (Å²) in [5, 5.41) is 10.6. The third kappa shape index (κ3) is 5.27. The molecule has 0 bridgehead atoms. The Morgan fingerprint density at radius 2 is 1.73 bits per heavy atom. The second-order valence-electron chi connectivity index (χ2n) is 7.43. The van der Waals surface area contributed by atoms with E-state index in [-0.39, 0.29) is 17.0 Å². The molecular formula is C17H26ClN3O. The molecule has 0 radical (unpaired) electrons. The zero-order chi connectivity index (χ0) is 16.4. The number of anilines is 1. The van der Waals surface area contributed by atoms with Gasteiger partial charge in [-0.1, -0.05) is 11.6 Å². The van der Waals surface area contributed by atoms with Crippen LogP contribution in [0.25, 0.3) is 0 Å². The van der Waals surface area contributed by atoms with Crippen LogP contribution in [0, 0.1) is 0 Å². The minimum Gasteiger partial charge on any atom is -0.325 e. The van der Waals surface area contributed by atoms with Crippen molar-refractivity contribution in [3.05, 3.63) is 29.3 Å². The molecule has 0 aliphatic carbocycles. The third-order valence-corrected chi connectivity index (χ3v) is 4.12. The van der Waals surface area contributed by atoms with Crippen molar-refractivity contribution in [2.45, 2.75) is 57.7 Å². The number of carbonyl (C=O) groups excluding carboxylic acids is 1. The first-order valence-corrected chi connectivity index (χ1v) is 8.11. The van der Waals surface area contributed by atoms with Gasteiger partial charge in [-0.2, -0.15) is 0 Å². The molecule has 2 rings (SSSR count). The minimum absolute atomic E-state index is 0.0310. The minimum atomic E-state index is -0.0310. The molecule has 1 aliphatic heterocycles. The summed E-state index contributed by atoms with van der Waals surface area (Å²) in [7, 11) is 0. The zero-order valence-electron chi connectivity index (χ0n) is 13.8. The van der Waals surface area contributed by atoms with Crippen molar-refractivity contribution >= 4 is 23.2 Å². The van der Waals surface area contributed by atoms with Gasteiger partial charge in [0, 0.05) is 27.8 Å². The Balaban J connectivity index is 1.84. The topological polar surface area (TPSA) is 53.2 Å². The maximum atomic E-state index is 12.0. The van der Waals surface area contributed by atoms with Crippen molar-refractivity contribution in [2.75, 3.05) is 11.9 Å². The Morgan fingerprint density at radius 3 is 2.27 bits per heavy atom. The molecule has 0 spiro atoms. The molecule has 1 aromatic rings. The monoisotopic (exact) mass is 323 g/mol. The van der Waals surface area contributed by atoms with Crippen LogP contribution in [0.1, 0.15) is 40.5 Å². The third-order valence-electron chi connectivity index (χ3n) is 3.87. The predicted octanol–water partition coefficient (Wildman–Crippen LogP) is 3.18. The van der Waals surface area contributed by atoms with Gasteiger partial charge in [0.1, 0.15) is 0 Å². The number of amides is 1. The first kappa shape index (κ1) is 17.3. The van der Waals surface area contributed by atoms with Crippen LogP contribution in [0.5, 0.6) is 0 Å². The highest BCUT2D eigenvalue weighted by atomic mass is 35.5. The average Bonchev–Trinajstić information content (AvgIpc) is 2.36. The normalized spacial score (nSPS) is 20.6. The average molecular weight is 324 g/mol. The highest BCUT2D eigenvalue weighted by Crippen LogP contribution is 2.28. The van der Waals surface area contributed by atoms with Crippen molar-refractivity contribution in [1.29, 1.82) is 0 Å². The summed E-state index contributed by atoms with van der Waals surface area (Å²) in [6.07, 6.45) is 2.01. The zero-order valence-corrected chi connectivity index (χ0v) is 14.6. The number of hydrogen-bond donors (Lipinski definition) is 3. The summed E-state index contributed by atoms with van der Waals surface area (Å²) in [4.78, 5) is 12.0. The molecule has 0 unspecified atom stereocenters. The first-order valence-electron chi connectivity index (χ1n) is 7.73. The van der Waals surface area contributed by atoms with Crippen LogP contribution in [-0.2, 0) is 4.79 Å². The number of hydrogen-bond acceptors (Lipinski definition) is 3. The van der Waals surface area contributed by atoms with Crippen molar-refractivity contribution in [1.82, 2.24) is 10.6 Å². The van der Waals surface area contributed by atoms with Gasteiger partial charge >= 0.3 is 0 Å². The first-order chi connectivity index (χ1) is 10.2. The molecule has 1 aliphatic rings. The fourth-order valence-corrected chi connectivity index (χ4v) is 3.57. The molecule has 1 fully saturated rings. The summed E-state index contributed by atoms with van der Waals surface area (Å²) in [6.45, 7) is 9.14. The fraction of sp³-hybridized carbons (Fsp3) is 0.588. The molecule has 0 saturated carbocycles. The summed E-state index contributed by atoms with van der Waals surface area (Å²) in [6, 6.07) is 7.47. The molecule has 1 heterocycles. The van der Waals surface area contributed by atoms with E-state index in [1.54, 1.807) is 24.3 Å². The summed E-state index contributed by atoms with van der Waals surface area (Å²) in [5.41, 5.74) is 0.917. The van der Waals surface area contributed by atoms with Crippen molar-refractivity contribution < 1.29 is 4.79 Å². The molecule has 1 amide bonds. The highest BCUT2D eigenvalue weighted by Gasteiger charge is 2.37. The van der Waals surface area contributed by atoms with Gasteiger partial charge in [-0.05, 0) is 64.8 Å². The molecule has 1 saturated heterocycles. The molecule has 5 heteroatoms. The number of halogens is 1. The van der Waals surface area contributed by atoms with Crippen LogP contribution >= 0.6 is 11.6 Å². The number of piperidine rings is 1. The second-order valence-corrected chi connectivity index (χ2v) is 7.87. The van der Waals surface area contributed by atoms with E-state index in [0.29, 0.717) is 17.6 Å². The number of rotatable bonds is 4. The van der Waals surface area contributed by atoms with E-state index in [1.807, 2.05) is 0 Å². The Kier molecular flexibility index (Phi) is 5.15. The lowest BCUT2D eigenvalue weighted by molar-refractivity contribution is -0.115. The summed E-state index contributed by atoms with van der Waals surface area (Å²) < 4.78 is 0. The lowest BCUT2D eigenvalue weighted by Gasteiger charge is -2.46. The molecule has 22 heavy (non-hydrogen) atoms. The van der Waals surface area contributed by atoms with Crippen LogP contribution in [-0.4, -0.2) is 29.6 Å². The van der Waals surface area contributed by atoms with Gasteiger partial charge < -0.3 is 16.0 Å². The van der Waals surface area contributed by atoms with Crippen LogP contribution in [0.3, 0.4) is 0 Å². The largest absolute Gasteiger partial charge is 0.325 e. The summed E-state index contributed by atoms with van der Waals surface area (Å²) >= 11 is 5.83. The van der Waals surface area contributed by atoms with Crippen molar-refractivity contribution in [3.63, 3.8) is 0 Å². The molecule has 0 aromatic heterocycles. The summed E-state index contributed by atoms with van der Waals surface area (Å²) in [5.74, 6) is -0.0310. The van der Waals surface area contributed by atoms with Gasteiger partial charge in [0.2, 0.25) is 5.91 Å². The number of carbonyl (C=O) groups is 1. The van der Waals surface area contributed by atoms with E-state index in [0.717, 1.165) is 18.5 Å². The van der Waals surface area contributed by atoms with Gasteiger partial charge in [-0.3, -0.25) is 4.79 Å². The molecule has 3 N–H and O–H groups in total. The lowest BCUT2D eigenvalue weighted by Crippen LogP contribution is -2.62. The van der Waals surface area contributed by atoms with Crippen LogP contribution in [0.2, 0.25) is 5.02 Å². The SMILES string of the molecule is CC1(C)CC(NCC(=O)Nc2ccc(Cl)cc2)CC(C)(C)N1. The van der Waals surface area contributed by atoms with E-state index in [2.05, 4.69) is 43.6 Å². The maximum absolute atomic E-state index is 12.0. The quantitative estimate of drug-likeness (QED) is 0.797. The molecule has 1 aromatic carbocycles. The van der Waals surface area contributed by atoms with Gasteiger partial charge in [0.05, 0.1) is 6.54 Å². The Bertz CT molecular complexity index is 509. The Hall–Kier alpha value is -1.10. The van der Waals surface area contributed by atoms with Gasteiger partial charge in [0.25, 0.3) is 0 Å². The van der Waals surface area contributed by atoms with E-state index in [4.69, 9.17) is 11.6 Å². The van der Waals surface area contributed by atoms with Crippen molar-refractivity contribution in [3.8, 4) is 0 Å². The van der Waals surface area contributed by atoms with Crippen LogP contribution in [0.15, 0.2) is 24.3 Å². The molecule has 122 valence electrons. The number of benzene rings is 1. The second kappa shape index (κ2) is 6.57. The van der Waals surface area contributed by atoms with Crippen LogP contribution in [0.4, 0.5) is 5.69 Å². The highest BCUT2D eigenvalue weighted by molar-refractivity contribution is 6.30. The van der Waals surface area contributed by atoms with Gasteiger partial charge in [-0.15, -0.1) is 0 Å². The van der Waals surface area contributed by atoms with E-state index in [1.165, 1.54) is 0 Å². The fourth-order valence-electron chi connectivity index (χ4n) is 3.44. The molecular weight excluding hydrogens is 298 g/mol. The molecule has 4 nitrogen and oxygen atoms in total. The van der Waals surface area contributed by atoms with E-state index in [9.17, 15) is 4.79 Å².